The number of rotatable bonds is 4. The first-order valence-corrected chi connectivity index (χ1v) is 8.95. The fraction of sp³-hybridized carbons (Fsp3) is 0.214. The fourth-order valence-corrected chi connectivity index (χ4v) is 3.21. The van der Waals surface area contributed by atoms with Crippen molar-refractivity contribution >= 4 is 27.1 Å². The zero-order chi connectivity index (χ0) is 15.6. The molecule has 0 bridgehead atoms. The lowest BCUT2D eigenvalue weighted by atomic mass is 10.1. The van der Waals surface area contributed by atoms with Crippen molar-refractivity contribution in [2.45, 2.75) is 17.9 Å². The molecule has 1 unspecified atom stereocenters. The molecule has 0 saturated heterocycles. The molecular weight excluding hydrogens is 313 g/mol. The molecule has 0 radical (unpaired) electrons. The molecule has 2 rings (SSSR count). The second-order valence-electron chi connectivity index (χ2n) is 4.67. The van der Waals surface area contributed by atoms with E-state index in [4.69, 9.17) is 0 Å². The van der Waals surface area contributed by atoms with E-state index in [1.54, 1.807) is 23.8 Å². The maximum Gasteiger partial charge on any atom is 0.252 e. The Morgan fingerprint density at radius 3 is 2.57 bits per heavy atom. The number of hydrogen-bond donors (Lipinski definition) is 1. The summed E-state index contributed by atoms with van der Waals surface area (Å²) in [5.74, 6) is -1.07. The van der Waals surface area contributed by atoms with Crippen LogP contribution in [0.25, 0.3) is 0 Å². The Morgan fingerprint density at radius 1 is 1.33 bits per heavy atom. The van der Waals surface area contributed by atoms with Crippen LogP contribution in [0.2, 0.25) is 0 Å². The summed E-state index contributed by atoms with van der Waals surface area (Å²) < 4.78 is 36.5. The van der Waals surface area contributed by atoms with E-state index in [1.807, 2.05) is 0 Å². The summed E-state index contributed by atoms with van der Waals surface area (Å²) in [6.45, 7) is 1.71. The van der Waals surface area contributed by atoms with E-state index in [9.17, 15) is 17.6 Å². The number of carbonyl (C=O) groups is 1. The van der Waals surface area contributed by atoms with Crippen LogP contribution in [0.1, 0.15) is 28.9 Å². The van der Waals surface area contributed by atoms with Crippen molar-refractivity contribution in [1.82, 2.24) is 5.32 Å². The molecular formula is C14H14FNO3S2. The zero-order valence-electron chi connectivity index (χ0n) is 11.5. The third-order valence-electron chi connectivity index (χ3n) is 2.99. The minimum atomic E-state index is -3.60. The first-order valence-electron chi connectivity index (χ1n) is 6.11. The molecule has 1 N–H and O–H groups in total. The lowest BCUT2D eigenvalue weighted by Gasteiger charge is -2.14. The van der Waals surface area contributed by atoms with Crippen LogP contribution in [0, 0.1) is 5.82 Å². The van der Waals surface area contributed by atoms with E-state index >= 15 is 0 Å². The Bertz CT molecular complexity index is 755. The normalized spacial score (nSPS) is 12.9. The number of amides is 1. The van der Waals surface area contributed by atoms with Crippen LogP contribution in [0.15, 0.2) is 39.9 Å². The largest absolute Gasteiger partial charge is 0.345 e. The van der Waals surface area contributed by atoms with Crippen molar-refractivity contribution in [2.75, 3.05) is 6.26 Å². The van der Waals surface area contributed by atoms with Crippen molar-refractivity contribution in [2.24, 2.45) is 0 Å². The molecule has 1 heterocycles. The topological polar surface area (TPSA) is 63.2 Å². The van der Waals surface area contributed by atoms with Gasteiger partial charge in [0.25, 0.3) is 5.91 Å². The summed E-state index contributed by atoms with van der Waals surface area (Å²) in [5, 5.41) is 6.25. The van der Waals surface area contributed by atoms with Gasteiger partial charge in [-0.1, -0.05) is 6.07 Å². The Labute approximate surface area is 126 Å². The molecule has 1 amide bonds. The van der Waals surface area contributed by atoms with Gasteiger partial charge in [0.05, 0.1) is 11.6 Å². The molecule has 7 heteroatoms. The van der Waals surface area contributed by atoms with E-state index in [2.05, 4.69) is 5.32 Å². The van der Waals surface area contributed by atoms with E-state index in [0.29, 0.717) is 11.1 Å². The average Bonchev–Trinajstić information content (AvgIpc) is 2.90. The first kappa shape index (κ1) is 15.7. The van der Waals surface area contributed by atoms with Crippen LogP contribution in [-0.4, -0.2) is 20.6 Å². The molecule has 0 saturated carbocycles. The van der Waals surface area contributed by atoms with Gasteiger partial charge in [0.15, 0.2) is 9.84 Å². The van der Waals surface area contributed by atoms with Crippen molar-refractivity contribution in [3.05, 3.63) is 52.0 Å². The molecule has 0 spiro atoms. The first-order chi connectivity index (χ1) is 9.79. The van der Waals surface area contributed by atoms with Gasteiger partial charge in [-0.15, -0.1) is 0 Å². The van der Waals surface area contributed by atoms with Gasteiger partial charge < -0.3 is 5.32 Å². The highest BCUT2D eigenvalue weighted by Crippen LogP contribution is 2.20. The van der Waals surface area contributed by atoms with Crippen LogP contribution in [0.4, 0.5) is 4.39 Å². The molecule has 1 aromatic heterocycles. The summed E-state index contributed by atoms with van der Waals surface area (Å²) in [7, 11) is -3.60. The van der Waals surface area contributed by atoms with Crippen molar-refractivity contribution in [3.63, 3.8) is 0 Å². The van der Waals surface area contributed by atoms with E-state index in [0.717, 1.165) is 12.3 Å². The summed E-state index contributed by atoms with van der Waals surface area (Å²) in [4.78, 5) is 11.6. The van der Waals surface area contributed by atoms with E-state index in [-0.39, 0.29) is 10.8 Å². The quantitative estimate of drug-likeness (QED) is 0.939. The Kier molecular flexibility index (Phi) is 4.43. The van der Waals surface area contributed by atoms with Gasteiger partial charge >= 0.3 is 0 Å². The van der Waals surface area contributed by atoms with Gasteiger partial charge in [-0.05, 0) is 36.1 Å². The second-order valence-corrected chi connectivity index (χ2v) is 7.43. The van der Waals surface area contributed by atoms with Crippen LogP contribution in [0.5, 0.6) is 0 Å². The predicted octanol–water partition coefficient (Wildman–Crippen LogP) is 2.78. The smallest absolute Gasteiger partial charge is 0.252 e. The van der Waals surface area contributed by atoms with Gasteiger partial charge in [-0.3, -0.25) is 4.79 Å². The fourth-order valence-electron chi connectivity index (χ4n) is 1.84. The number of hydrogen-bond acceptors (Lipinski definition) is 4. The molecule has 112 valence electrons. The SMILES string of the molecule is CC(NC(=O)c1ccsc1)c1ccc(S(C)(=O)=O)c(F)c1. The van der Waals surface area contributed by atoms with E-state index in [1.165, 1.54) is 23.5 Å². The summed E-state index contributed by atoms with van der Waals surface area (Å²) >= 11 is 1.41. The predicted molar refractivity (Wildman–Crippen MR) is 79.7 cm³/mol. The minimum Gasteiger partial charge on any atom is -0.345 e. The van der Waals surface area contributed by atoms with Crippen LogP contribution < -0.4 is 5.32 Å². The molecule has 2 aromatic rings. The van der Waals surface area contributed by atoms with E-state index < -0.39 is 21.7 Å². The van der Waals surface area contributed by atoms with Crippen molar-refractivity contribution in [3.8, 4) is 0 Å². The Morgan fingerprint density at radius 2 is 2.05 bits per heavy atom. The number of nitrogens with one attached hydrogen (secondary N) is 1. The lowest BCUT2D eigenvalue weighted by molar-refractivity contribution is 0.0940. The van der Waals surface area contributed by atoms with Gasteiger partial charge in [-0.2, -0.15) is 11.3 Å². The highest BCUT2D eigenvalue weighted by Gasteiger charge is 2.17. The molecule has 4 nitrogen and oxygen atoms in total. The van der Waals surface area contributed by atoms with Crippen molar-refractivity contribution in [1.29, 1.82) is 0 Å². The van der Waals surface area contributed by atoms with Crippen LogP contribution in [0.3, 0.4) is 0 Å². The van der Waals surface area contributed by atoms with Crippen LogP contribution >= 0.6 is 11.3 Å². The van der Waals surface area contributed by atoms with Gasteiger partial charge in [0.2, 0.25) is 0 Å². The number of carbonyl (C=O) groups excluding carboxylic acids is 1. The third kappa shape index (κ3) is 3.68. The molecule has 1 aromatic carbocycles. The number of benzene rings is 1. The summed E-state index contributed by atoms with van der Waals surface area (Å²) in [5.41, 5.74) is 1.04. The third-order valence-corrected chi connectivity index (χ3v) is 4.80. The maximum absolute atomic E-state index is 13.8. The summed E-state index contributed by atoms with van der Waals surface area (Å²) in [6.07, 6.45) is 0.951. The molecule has 21 heavy (non-hydrogen) atoms. The monoisotopic (exact) mass is 327 g/mol. The highest BCUT2D eigenvalue weighted by atomic mass is 32.2. The van der Waals surface area contributed by atoms with Gasteiger partial charge in [0.1, 0.15) is 10.7 Å². The Balaban J connectivity index is 2.19. The standard InChI is InChI=1S/C14H14FNO3S2/c1-9(16-14(17)11-5-6-20-8-11)10-3-4-13(12(15)7-10)21(2,18)19/h3-9H,1-2H3,(H,16,17). The molecule has 0 fully saturated rings. The summed E-state index contributed by atoms with van der Waals surface area (Å²) in [6, 6.07) is 5.11. The van der Waals surface area contributed by atoms with Gasteiger partial charge in [-0.25, -0.2) is 12.8 Å². The minimum absolute atomic E-state index is 0.253. The maximum atomic E-state index is 13.8. The second kappa shape index (κ2) is 5.95. The molecule has 1 atom stereocenters. The van der Waals surface area contributed by atoms with Crippen LogP contribution in [-0.2, 0) is 9.84 Å². The molecule has 0 aliphatic heterocycles. The molecule has 0 aliphatic carbocycles. The highest BCUT2D eigenvalue weighted by molar-refractivity contribution is 7.90. The van der Waals surface area contributed by atoms with Crippen molar-refractivity contribution < 1.29 is 17.6 Å². The number of halogens is 1. The zero-order valence-corrected chi connectivity index (χ0v) is 13.1. The van der Waals surface area contributed by atoms with Gasteiger partial charge in [0, 0.05) is 11.6 Å². The Hall–Kier alpha value is -1.73. The molecule has 0 aliphatic rings. The number of sulfone groups is 1. The average molecular weight is 327 g/mol. The lowest BCUT2D eigenvalue weighted by Crippen LogP contribution is -2.26. The number of thiophene rings is 1.